The Kier molecular flexibility index (Phi) is 5.82. The zero-order chi connectivity index (χ0) is 15.1. The molecule has 114 valence electrons. The molecule has 0 unspecified atom stereocenters. The zero-order valence-electron chi connectivity index (χ0n) is 13.5. The van der Waals surface area contributed by atoms with E-state index in [-0.39, 0.29) is 5.41 Å². The highest BCUT2D eigenvalue weighted by Gasteiger charge is 2.37. The first kappa shape index (κ1) is 16.0. The average molecular weight is 284 g/mol. The molecule has 1 heterocycles. The van der Waals surface area contributed by atoms with Gasteiger partial charge in [0.2, 0.25) is 0 Å². The molecule has 2 heteroatoms. The van der Waals surface area contributed by atoms with Crippen LogP contribution in [0.4, 0.5) is 0 Å². The quantitative estimate of drug-likeness (QED) is 0.775. The second-order valence-corrected chi connectivity index (χ2v) is 6.41. The third-order valence-corrected chi connectivity index (χ3v) is 5.21. The molecule has 0 spiro atoms. The fourth-order valence-corrected chi connectivity index (χ4v) is 3.51. The molecule has 1 aromatic rings. The van der Waals surface area contributed by atoms with Crippen LogP contribution >= 0.6 is 0 Å². The van der Waals surface area contributed by atoms with Gasteiger partial charge in [-0.2, -0.15) is 5.26 Å². The molecular formula is C19H28N2. The van der Waals surface area contributed by atoms with Gasteiger partial charge in [-0.05, 0) is 50.4 Å². The van der Waals surface area contributed by atoms with Crippen molar-refractivity contribution in [2.75, 3.05) is 19.6 Å². The summed E-state index contributed by atoms with van der Waals surface area (Å²) in [6, 6.07) is 13.1. The van der Waals surface area contributed by atoms with Crippen molar-refractivity contribution in [1.29, 1.82) is 5.26 Å². The van der Waals surface area contributed by atoms with Gasteiger partial charge in [-0.3, -0.25) is 0 Å². The number of likely N-dealkylation sites (tertiary alicyclic amines) is 1. The van der Waals surface area contributed by atoms with Gasteiger partial charge in [-0.1, -0.05) is 57.0 Å². The Morgan fingerprint density at radius 3 is 2.43 bits per heavy atom. The number of hydrogen-bond acceptors (Lipinski definition) is 2. The Morgan fingerprint density at radius 2 is 1.86 bits per heavy atom. The summed E-state index contributed by atoms with van der Waals surface area (Å²) in [5, 5.41) is 9.99. The summed E-state index contributed by atoms with van der Waals surface area (Å²) < 4.78 is 0. The lowest BCUT2D eigenvalue weighted by molar-refractivity contribution is 0.198. The fraction of sp³-hybridized carbons (Fsp3) is 0.632. The lowest BCUT2D eigenvalue weighted by atomic mass is 9.68. The number of rotatable bonds is 6. The van der Waals surface area contributed by atoms with Crippen molar-refractivity contribution < 1.29 is 0 Å². The second-order valence-electron chi connectivity index (χ2n) is 6.41. The monoisotopic (exact) mass is 284 g/mol. The lowest BCUT2D eigenvalue weighted by Crippen LogP contribution is -2.38. The molecule has 2 rings (SSSR count). The van der Waals surface area contributed by atoms with Crippen molar-refractivity contribution >= 4 is 0 Å². The summed E-state index contributed by atoms with van der Waals surface area (Å²) in [6.45, 7) is 7.88. The van der Waals surface area contributed by atoms with Gasteiger partial charge in [0.1, 0.15) is 0 Å². The summed E-state index contributed by atoms with van der Waals surface area (Å²) in [5.74, 6) is 0.384. The normalized spacial score (nSPS) is 20.4. The van der Waals surface area contributed by atoms with Gasteiger partial charge in [0.05, 0.1) is 11.5 Å². The van der Waals surface area contributed by atoms with Crippen LogP contribution < -0.4 is 0 Å². The molecule has 21 heavy (non-hydrogen) atoms. The number of piperidine rings is 1. The van der Waals surface area contributed by atoms with Crippen molar-refractivity contribution in [3.63, 3.8) is 0 Å². The molecule has 1 saturated heterocycles. The fourth-order valence-electron chi connectivity index (χ4n) is 3.51. The molecule has 0 N–H and O–H groups in total. The minimum Gasteiger partial charge on any atom is -0.303 e. The molecule has 1 aromatic carbocycles. The van der Waals surface area contributed by atoms with Crippen LogP contribution in [0.2, 0.25) is 0 Å². The molecule has 2 nitrogen and oxygen atoms in total. The standard InChI is InChI=1S/C19H28N2/c1-3-17(2)19(16-20,18-10-6-4-7-11-18)12-15-21-13-8-5-9-14-21/h4,6-7,10-11,17H,3,5,8-9,12-15H2,1-2H3/t17-,19-/m1/s1. The first-order valence-electron chi connectivity index (χ1n) is 8.42. The summed E-state index contributed by atoms with van der Waals surface area (Å²) >= 11 is 0. The van der Waals surface area contributed by atoms with E-state index in [4.69, 9.17) is 0 Å². The Hall–Kier alpha value is -1.33. The van der Waals surface area contributed by atoms with Gasteiger partial charge >= 0.3 is 0 Å². The summed E-state index contributed by atoms with van der Waals surface area (Å²) in [7, 11) is 0. The number of nitrogens with zero attached hydrogens (tertiary/aromatic N) is 2. The Balaban J connectivity index is 2.17. The Morgan fingerprint density at radius 1 is 1.19 bits per heavy atom. The minimum atomic E-state index is -0.340. The van der Waals surface area contributed by atoms with E-state index in [0.717, 1.165) is 19.4 Å². The summed E-state index contributed by atoms with van der Waals surface area (Å²) in [4.78, 5) is 2.54. The van der Waals surface area contributed by atoms with E-state index in [9.17, 15) is 5.26 Å². The maximum atomic E-state index is 9.99. The SMILES string of the molecule is CC[C@@H](C)[C@](C#N)(CCN1CCCCC1)c1ccccc1. The van der Waals surface area contributed by atoms with Crippen molar-refractivity contribution in [3.8, 4) is 6.07 Å². The molecule has 0 amide bonds. The second kappa shape index (κ2) is 7.61. The lowest BCUT2D eigenvalue weighted by Gasteiger charge is -2.36. The first-order chi connectivity index (χ1) is 10.2. The smallest absolute Gasteiger partial charge is 0.0859 e. The Bertz CT molecular complexity index is 456. The van der Waals surface area contributed by atoms with E-state index in [1.165, 1.54) is 37.9 Å². The van der Waals surface area contributed by atoms with E-state index in [1.54, 1.807) is 0 Å². The largest absolute Gasteiger partial charge is 0.303 e. The maximum Gasteiger partial charge on any atom is 0.0859 e. The van der Waals surface area contributed by atoms with Crippen molar-refractivity contribution in [1.82, 2.24) is 4.90 Å². The van der Waals surface area contributed by atoms with Gasteiger partial charge in [-0.15, -0.1) is 0 Å². The highest BCUT2D eigenvalue weighted by atomic mass is 15.1. The van der Waals surface area contributed by atoms with Gasteiger partial charge in [0, 0.05) is 0 Å². The van der Waals surface area contributed by atoms with Crippen LogP contribution in [0.25, 0.3) is 0 Å². The van der Waals surface area contributed by atoms with E-state index in [0.29, 0.717) is 5.92 Å². The molecule has 1 aliphatic heterocycles. The van der Waals surface area contributed by atoms with Crippen LogP contribution in [-0.2, 0) is 5.41 Å². The molecule has 0 aliphatic carbocycles. The van der Waals surface area contributed by atoms with Gasteiger partial charge in [-0.25, -0.2) is 0 Å². The van der Waals surface area contributed by atoms with Crippen molar-refractivity contribution in [2.24, 2.45) is 5.92 Å². The van der Waals surface area contributed by atoms with Crippen molar-refractivity contribution in [2.45, 2.75) is 51.4 Å². The molecule has 1 fully saturated rings. The molecule has 2 atom stereocenters. The molecule has 0 radical (unpaired) electrons. The highest BCUT2D eigenvalue weighted by Crippen LogP contribution is 2.37. The van der Waals surface area contributed by atoms with Crippen LogP contribution in [0.1, 0.15) is 51.5 Å². The zero-order valence-corrected chi connectivity index (χ0v) is 13.5. The van der Waals surface area contributed by atoms with Gasteiger partial charge < -0.3 is 4.90 Å². The van der Waals surface area contributed by atoms with Crippen LogP contribution in [0, 0.1) is 17.2 Å². The topological polar surface area (TPSA) is 27.0 Å². The molecular weight excluding hydrogens is 256 g/mol. The average Bonchev–Trinajstić information content (AvgIpc) is 2.57. The predicted molar refractivity (Wildman–Crippen MR) is 88.1 cm³/mol. The van der Waals surface area contributed by atoms with E-state index in [1.807, 2.05) is 6.07 Å². The van der Waals surface area contributed by atoms with Gasteiger partial charge in [0.15, 0.2) is 0 Å². The molecule has 0 aromatic heterocycles. The number of benzene rings is 1. The van der Waals surface area contributed by atoms with E-state index >= 15 is 0 Å². The third kappa shape index (κ3) is 3.66. The van der Waals surface area contributed by atoms with Crippen molar-refractivity contribution in [3.05, 3.63) is 35.9 Å². The highest BCUT2D eigenvalue weighted by molar-refractivity contribution is 5.33. The predicted octanol–water partition coefficient (Wildman–Crippen LogP) is 4.37. The summed E-state index contributed by atoms with van der Waals surface area (Å²) in [6.07, 6.45) is 5.98. The minimum absolute atomic E-state index is 0.340. The van der Waals surface area contributed by atoms with Crippen LogP contribution in [0.15, 0.2) is 30.3 Å². The van der Waals surface area contributed by atoms with E-state index in [2.05, 4.69) is 49.1 Å². The van der Waals surface area contributed by atoms with Gasteiger partial charge in [0.25, 0.3) is 0 Å². The number of hydrogen-bond donors (Lipinski definition) is 0. The van der Waals surface area contributed by atoms with E-state index < -0.39 is 0 Å². The van der Waals surface area contributed by atoms with Crippen LogP contribution in [0.3, 0.4) is 0 Å². The Labute approximate surface area is 129 Å². The first-order valence-corrected chi connectivity index (χ1v) is 8.42. The summed E-state index contributed by atoms with van der Waals surface area (Å²) in [5.41, 5.74) is 0.854. The molecule has 1 aliphatic rings. The van der Waals surface area contributed by atoms with Crippen LogP contribution in [0.5, 0.6) is 0 Å². The number of nitriles is 1. The molecule has 0 saturated carbocycles. The maximum absolute atomic E-state index is 9.99. The van der Waals surface area contributed by atoms with Crippen LogP contribution in [-0.4, -0.2) is 24.5 Å². The molecule has 0 bridgehead atoms. The third-order valence-electron chi connectivity index (χ3n) is 5.21.